The van der Waals surface area contributed by atoms with E-state index >= 15 is 0 Å². The molecule has 0 spiro atoms. The van der Waals surface area contributed by atoms with E-state index in [-0.39, 0.29) is 6.10 Å². The molecular weight excluding hydrogens is 304 g/mol. The highest BCUT2D eigenvalue weighted by Gasteiger charge is 2.22. The summed E-state index contributed by atoms with van der Waals surface area (Å²) in [6.07, 6.45) is 1.83. The fraction of sp³-hybridized carbons (Fsp3) is 0.444. The summed E-state index contributed by atoms with van der Waals surface area (Å²) >= 11 is 0. The van der Waals surface area contributed by atoms with Crippen LogP contribution in [0.1, 0.15) is 12.6 Å². The lowest BCUT2D eigenvalue weighted by molar-refractivity contribution is 0.0577. The summed E-state index contributed by atoms with van der Waals surface area (Å²) in [7, 11) is 3.89. The summed E-state index contributed by atoms with van der Waals surface area (Å²) in [6.45, 7) is 5.20. The van der Waals surface area contributed by atoms with Gasteiger partial charge in [0, 0.05) is 33.4 Å². The van der Waals surface area contributed by atoms with E-state index in [1.54, 1.807) is 0 Å². The highest BCUT2D eigenvalue weighted by Crippen LogP contribution is 2.31. The summed E-state index contributed by atoms with van der Waals surface area (Å²) in [5, 5.41) is 0. The van der Waals surface area contributed by atoms with Crippen LogP contribution in [0.3, 0.4) is 0 Å². The Morgan fingerprint density at radius 1 is 1.17 bits per heavy atom. The molecule has 0 aliphatic carbocycles. The van der Waals surface area contributed by atoms with Crippen LogP contribution in [-0.2, 0) is 6.54 Å². The molecule has 0 unspecified atom stereocenters. The van der Waals surface area contributed by atoms with E-state index in [4.69, 9.17) is 9.47 Å². The van der Waals surface area contributed by atoms with Crippen molar-refractivity contribution in [2.24, 2.45) is 0 Å². The molecule has 0 amide bonds. The van der Waals surface area contributed by atoms with Crippen LogP contribution in [0.4, 0.5) is 5.95 Å². The van der Waals surface area contributed by atoms with Gasteiger partial charge in [-0.15, -0.1) is 0 Å². The molecule has 128 valence electrons. The first-order valence-electron chi connectivity index (χ1n) is 8.25. The minimum atomic E-state index is 0.0232. The second-order valence-electron chi connectivity index (χ2n) is 6.07. The number of benzene rings is 1. The predicted octanol–water partition coefficient (Wildman–Crippen LogP) is 2.20. The summed E-state index contributed by atoms with van der Waals surface area (Å²) in [6, 6.07) is 9.77. The van der Waals surface area contributed by atoms with Crippen molar-refractivity contribution in [3.63, 3.8) is 0 Å². The Bertz CT molecular complexity index is 678. The van der Waals surface area contributed by atoms with E-state index in [0.29, 0.717) is 6.61 Å². The first-order chi connectivity index (χ1) is 11.7. The lowest BCUT2D eigenvalue weighted by Gasteiger charge is -2.30. The monoisotopic (exact) mass is 328 g/mol. The first-order valence-corrected chi connectivity index (χ1v) is 8.25. The van der Waals surface area contributed by atoms with Crippen LogP contribution in [0.25, 0.3) is 0 Å². The molecule has 1 aromatic carbocycles. The molecule has 0 saturated heterocycles. The molecule has 0 bridgehead atoms. The van der Waals surface area contributed by atoms with Gasteiger partial charge in [-0.2, -0.15) is 0 Å². The van der Waals surface area contributed by atoms with Crippen LogP contribution in [0.5, 0.6) is 11.5 Å². The summed E-state index contributed by atoms with van der Waals surface area (Å²) in [5.41, 5.74) is 1.01. The SMILES string of the molecule is CCN(Cc1ccnc(N(C)C)n1)C[C@@H]1COc2ccccc2O1. The van der Waals surface area contributed by atoms with Crippen molar-refractivity contribution in [1.29, 1.82) is 0 Å². The number of fused-ring (bicyclic) bond motifs is 1. The van der Waals surface area contributed by atoms with E-state index in [9.17, 15) is 0 Å². The van der Waals surface area contributed by atoms with Gasteiger partial charge in [0.2, 0.25) is 5.95 Å². The Labute approximate surface area is 143 Å². The zero-order chi connectivity index (χ0) is 16.9. The number of likely N-dealkylation sites (N-methyl/N-ethyl adjacent to an activating group) is 1. The molecule has 1 aliphatic heterocycles. The van der Waals surface area contributed by atoms with E-state index in [0.717, 1.165) is 42.8 Å². The molecule has 0 N–H and O–H groups in total. The van der Waals surface area contributed by atoms with Gasteiger partial charge in [0.1, 0.15) is 12.7 Å². The van der Waals surface area contributed by atoms with Crippen molar-refractivity contribution < 1.29 is 9.47 Å². The third kappa shape index (κ3) is 3.94. The zero-order valence-electron chi connectivity index (χ0n) is 14.5. The van der Waals surface area contributed by atoms with Crippen LogP contribution in [0.15, 0.2) is 36.5 Å². The molecule has 6 heteroatoms. The van der Waals surface area contributed by atoms with Crippen molar-refractivity contribution in [3.05, 3.63) is 42.2 Å². The number of nitrogens with zero attached hydrogens (tertiary/aromatic N) is 4. The highest BCUT2D eigenvalue weighted by atomic mass is 16.6. The van der Waals surface area contributed by atoms with Crippen LogP contribution < -0.4 is 14.4 Å². The lowest BCUT2D eigenvalue weighted by Crippen LogP contribution is -2.40. The Kier molecular flexibility index (Phi) is 5.15. The average molecular weight is 328 g/mol. The molecule has 24 heavy (non-hydrogen) atoms. The second-order valence-corrected chi connectivity index (χ2v) is 6.07. The Morgan fingerprint density at radius 2 is 1.96 bits per heavy atom. The molecule has 0 radical (unpaired) electrons. The third-order valence-electron chi connectivity index (χ3n) is 3.96. The highest BCUT2D eigenvalue weighted by molar-refractivity contribution is 5.40. The third-order valence-corrected chi connectivity index (χ3v) is 3.96. The number of anilines is 1. The Balaban J connectivity index is 1.62. The van der Waals surface area contributed by atoms with Crippen molar-refractivity contribution in [1.82, 2.24) is 14.9 Å². The number of ether oxygens (including phenoxy) is 2. The Hall–Kier alpha value is -2.34. The Morgan fingerprint density at radius 3 is 2.71 bits per heavy atom. The average Bonchev–Trinajstić information content (AvgIpc) is 2.61. The standard InChI is InChI=1S/C18H24N4O2/c1-4-22(11-14-9-10-19-18(20-14)21(2)3)12-15-13-23-16-7-5-6-8-17(16)24-15/h5-10,15H,4,11-13H2,1-3H3/t15-/m1/s1. The van der Waals surface area contributed by atoms with Crippen LogP contribution in [0, 0.1) is 0 Å². The second kappa shape index (κ2) is 7.49. The topological polar surface area (TPSA) is 50.7 Å². The van der Waals surface area contributed by atoms with Gasteiger partial charge in [-0.1, -0.05) is 19.1 Å². The van der Waals surface area contributed by atoms with Gasteiger partial charge in [0.25, 0.3) is 0 Å². The zero-order valence-corrected chi connectivity index (χ0v) is 14.5. The van der Waals surface area contributed by atoms with Crippen molar-refractivity contribution in [2.75, 3.05) is 38.7 Å². The minimum Gasteiger partial charge on any atom is -0.486 e. The van der Waals surface area contributed by atoms with Crippen molar-refractivity contribution in [3.8, 4) is 11.5 Å². The van der Waals surface area contributed by atoms with Gasteiger partial charge in [-0.3, -0.25) is 4.90 Å². The van der Waals surface area contributed by atoms with E-state index in [1.807, 2.05) is 55.5 Å². The van der Waals surface area contributed by atoms with Crippen LogP contribution in [-0.4, -0.2) is 54.8 Å². The quantitative estimate of drug-likeness (QED) is 0.810. The number of hydrogen-bond donors (Lipinski definition) is 0. The van der Waals surface area contributed by atoms with Crippen LogP contribution in [0.2, 0.25) is 0 Å². The maximum absolute atomic E-state index is 6.06. The van der Waals surface area contributed by atoms with Crippen molar-refractivity contribution in [2.45, 2.75) is 19.6 Å². The maximum Gasteiger partial charge on any atom is 0.225 e. The fourth-order valence-corrected chi connectivity index (χ4v) is 2.66. The molecule has 1 atom stereocenters. The van der Waals surface area contributed by atoms with Gasteiger partial charge >= 0.3 is 0 Å². The van der Waals surface area contributed by atoms with E-state index in [2.05, 4.69) is 21.8 Å². The molecule has 0 fully saturated rings. The van der Waals surface area contributed by atoms with Gasteiger partial charge in [0.15, 0.2) is 11.5 Å². The summed E-state index contributed by atoms with van der Waals surface area (Å²) < 4.78 is 11.9. The van der Waals surface area contributed by atoms with E-state index < -0.39 is 0 Å². The molecule has 2 aromatic rings. The normalized spacial score (nSPS) is 16.2. The number of para-hydroxylation sites is 2. The van der Waals surface area contributed by atoms with Gasteiger partial charge in [-0.05, 0) is 24.7 Å². The number of hydrogen-bond acceptors (Lipinski definition) is 6. The summed E-state index contributed by atoms with van der Waals surface area (Å²) in [5.74, 6) is 2.37. The van der Waals surface area contributed by atoms with Crippen LogP contribution >= 0.6 is 0 Å². The molecule has 6 nitrogen and oxygen atoms in total. The molecule has 2 heterocycles. The maximum atomic E-state index is 6.06. The molecule has 1 aliphatic rings. The van der Waals surface area contributed by atoms with Crippen molar-refractivity contribution >= 4 is 5.95 Å². The van der Waals surface area contributed by atoms with E-state index in [1.165, 1.54) is 0 Å². The molecular formula is C18H24N4O2. The molecule has 3 rings (SSSR count). The minimum absolute atomic E-state index is 0.0232. The van der Waals surface area contributed by atoms with Gasteiger partial charge in [-0.25, -0.2) is 9.97 Å². The smallest absolute Gasteiger partial charge is 0.225 e. The largest absolute Gasteiger partial charge is 0.486 e. The summed E-state index contributed by atoms with van der Waals surface area (Å²) in [4.78, 5) is 13.1. The number of aromatic nitrogens is 2. The van der Waals surface area contributed by atoms with Gasteiger partial charge in [0.05, 0.1) is 5.69 Å². The fourth-order valence-electron chi connectivity index (χ4n) is 2.66. The molecule has 1 aromatic heterocycles. The lowest BCUT2D eigenvalue weighted by atomic mass is 10.2. The van der Waals surface area contributed by atoms with Gasteiger partial charge < -0.3 is 14.4 Å². The first kappa shape index (κ1) is 16.5. The predicted molar refractivity (Wildman–Crippen MR) is 93.7 cm³/mol. The molecule has 0 saturated carbocycles. The number of rotatable bonds is 6.